The van der Waals surface area contributed by atoms with Gasteiger partial charge in [-0.05, 0) is 31.0 Å². The lowest BCUT2D eigenvalue weighted by molar-refractivity contribution is 0.0699. The molecular weight excluding hydrogens is 350 g/mol. The molecule has 140 valence electrons. The molecular formula is C22H21N5O. The Hall–Kier alpha value is -3.41. The highest BCUT2D eigenvalue weighted by Crippen LogP contribution is 2.28. The summed E-state index contributed by atoms with van der Waals surface area (Å²) in [6, 6.07) is 19.8. The quantitative estimate of drug-likeness (QED) is 0.572. The number of aromatic amines is 2. The van der Waals surface area contributed by atoms with Gasteiger partial charge >= 0.3 is 0 Å². The summed E-state index contributed by atoms with van der Waals surface area (Å²) in [7, 11) is 0. The fraction of sp³-hybridized carbons (Fsp3) is 0.227. The van der Waals surface area contributed by atoms with Crippen LogP contribution in [0.5, 0.6) is 0 Å². The molecule has 28 heavy (non-hydrogen) atoms. The van der Waals surface area contributed by atoms with Crippen LogP contribution in [0.15, 0.2) is 60.7 Å². The van der Waals surface area contributed by atoms with Gasteiger partial charge in [-0.25, -0.2) is 4.98 Å². The first-order valence-corrected chi connectivity index (χ1v) is 9.63. The highest BCUT2D eigenvalue weighted by atomic mass is 16.2. The molecule has 0 aliphatic carbocycles. The van der Waals surface area contributed by atoms with E-state index in [2.05, 4.69) is 15.2 Å². The van der Waals surface area contributed by atoms with E-state index in [-0.39, 0.29) is 11.8 Å². The molecule has 1 amide bonds. The second-order valence-electron chi connectivity index (χ2n) is 7.26. The molecule has 5 rings (SSSR count). The number of carbonyl (C=O) groups is 1. The predicted octanol–water partition coefficient (Wildman–Crippen LogP) is 3.97. The van der Waals surface area contributed by atoms with Crippen LogP contribution in [0.2, 0.25) is 0 Å². The van der Waals surface area contributed by atoms with Crippen molar-refractivity contribution >= 4 is 16.9 Å². The van der Waals surface area contributed by atoms with E-state index in [1.165, 1.54) is 0 Å². The van der Waals surface area contributed by atoms with Crippen LogP contribution < -0.4 is 0 Å². The molecule has 0 spiro atoms. The van der Waals surface area contributed by atoms with Gasteiger partial charge in [-0.3, -0.25) is 9.89 Å². The Bertz CT molecular complexity index is 1080. The van der Waals surface area contributed by atoms with Crippen molar-refractivity contribution in [2.45, 2.75) is 18.8 Å². The Labute approximate surface area is 162 Å². The van der Waals surface area contributed by atoms with Crippen LogP contribution in [0.4, 0.5) is 0 Å². The van der Waals surface area contributed by atoms with E-state index in [1.807, 2.05) is 65.6 Å². The normalized spacial score (nSPS) is 17.1. The van der Waals surface area contributed by atoms with Crippen molar-refractivity contribution in [1.29, 1.82) is 0 Å². The molecule has 0 bridgehead atoms. The molecule has 0 saturated carbocycles. The van der Waals surface area contributed by atoms with E-state index in [1.54, 1.807) is 0 Å². The maximum atomic E-state index is 13.0. The minimum atomic E-state index is -0.00417. The summed E-state index contributed by atoms with van der Waals surface area (Å²) >= 11 is 0. The first-order chi connectivity index (χ1) is 13.8. The molecule has 0 radical (unpaired) electrons. The average Bonchev–Trinajstić information content (AvgIpc) is 3.41. The Balaban J connectivity index is 1.35. The van der Waals surface area contributed by atoms with Gasteiger partial charge in [0, 0.05) is 24.6 Å². The molecule has 1 unspecified atom stereocenters. The van der Waals surface area contributed by atoms with Crippen LogP contribution in [0.3, 0.4) is 0 Å². The highest BCUT2D eigenvalue weighted by molar-refractivity contribution is 5.93. The first-order valence-electron chi connectivity index (χ1n) is 9.63. The minimum absolute atomic E-state index is 0.00417. The third kappa shape index (κ3) is 3.07. The van der Waals surface area contributed by atoms with Crippen LogP contribution in [0, 0.1) is 0 Å². The Morgan fingerprint density at radius 1 is 1.07 bits per heavy atom. The number of nitrogens with one attached hydrogen (secondary N) is 2. The minimum Gasteiger partial charge on any atom is -0.342 e. The van der Waals surface area contributed by atoms with Crippen LogP contribution in [0.1, 0.15) is 35.1 Å². The Kier molecular flexibility index (Phi) is 4.16. The maximum Gasteiger partial charge on any atom is 0.271 e. The van der Waals surface area contributed by atoms with Crippen molar-refractivity contribution in [1.82, 2.24) is 25.1 Å². The fourth-order valence-corrected chi connectivity index (χ4v) is 3.91. The van der Waals surface area contributed by atoms with Crippen molar-refractivity contribution in [3.05, 3.63) is 72.2 Å². The lowest BCUT2D eigenvalue weighted by Crippen LogP contribution is -2.39. The smallest absolute Gasteiger partial charge is 0.271 e. The largest absolute Gasteiger partial charge is 0.342 e. The number of rotatable bonds is 3. The molecule has 4 aromatic rings. The number of hydrogen-bond donors (Lipinski definition) is 2. The summed E-state index contributed by atoms with van der Waals surface area (Å²) in [5.41, 5.74) is 4.33. The van der Waals surface area contributed by atoms with Crippen molar-refractivity contribution in [2.75, 3.05) is 13.1 Å². The van der Waals surface area contributed by atoms with Crippen LogP contribution >= 0.6 is 0 Å². The maximum absolute atomic E-state index is 13.0. The molecule has 6 nitrogen and oxygen atoms in total. The third-order valence-electron chi connectivity index (χ3n) is 5.38. The standard InChI is InChI=1S/C22H21N5O/c28-22(20-13-19(25-26-20)15-7-2-1-3-8-15)27-12-6-9-16(14-27)21-23-17-10-4-5-11-18(17)24-21/h1-5,7-8,10-11,13,16H,6,9,12,14H2,(H,23,24)(H,25,26). The SMILES string of the molecule is O=C(c1cc(-c2ccccc2)n[nH]1)N1CCCC(c2nc3ccccc3[nH]2)C1. The van der Waals surface area contributed by atoms with E-state index in [0.29, 0.717) is 12.2 Å². The summed E-state index contributed by atoms with van der Waals surface area (Å²) in [5, 5.41) is 7.23. The van der Waals surface area contributed by atoms with Gasteiger partial charge in [0.05, 0.1) is 16.7 Å². The lowest BCUT2D eigenvalue weighted by atomic mass is 9.97. The van der Waals surface area contributed by atoms with Crippen LogP contribution in [0.25, 0.3) is 22.3 Å². The summed E-state index contributed by atoms with van der Waals surface area (Å²) < 4.78 is 0. The number of hydrogen-bond acceptors (Lipinski definition) is 3. The molecule has 2 aromatic heterocycles. The number of aromatic nitrogens is 4. The van der Waals surface area contributed by atoms with E-state index in [9.17, 15) is 4.79 Å². The number of benzene rings is 2. The zero-order valence-corrected chi connectivity index (χ0v) is 15.4. The lowest BCUT2D eigenvalue weighted by Gasteiger charge is -2.31. The number of H-pyrrole nitrogens is 2. The van der Waals surface area contributed by atoms with E-state index in [4.69, 9.17) is 4.98 Å². The highest BCUT2D eigenvalue weighted by Gasteiger charge is 2.28. The van der Waals surface area contributed by atoms with Gasteiger partial charge in [0.15, 0.2) is 0 Å². The monoisotopic (exact) mass is 371 g/mol. The summed E-state index contributed by atoms with van der Waals surface area (Å²) in [4.78, 5) is 23.1. The molecule has 2 aromatic carbocycles. The third-order valence-corrected chi connectivity index (χ3v) is 5.38. The van der Waals surface area contributed by atoms with E-state index < -0.39 is 0 Å². The molecule has 6 heteroatoms. The number of imidazole rings is 1. The molecule has 1 fully saturated rings. The number of para-hydroxylation sites is 2. The van der Waals surface area contributed by atoms with Gasteiger partial charge in [0.2, 0.25) is 0 Å². The number of likely N-dealkylation sites (tertiary alicyclic amines) is 1. The van der Waals surface area contributed by atoms with Crippen molar-refractivity contribution < 1.29 is 4.79 Å². The van der Waals surface area contributed by atoms with Crippen LogP contribution in [-0.2, 0) is 0 Å². The number of nitrogens with zero attached hydrogens (tertiary/aromatic N) is 3. The predicted molar refractivity (Wildman–Crippen MR) is 108 cm³/mol. The molecule has 1 aliphatic rings. The van der Waals surface area contributed by atoms with Crippen molar-refractivity contribution in [2.24, 2.45) is 0 Å². The van der Waals surface area contributed by atoms with Crippen molar-refractivity contribution in [3.63, 3.8) is 0 Å². The molecule has 1 atom stereocenters. The molecule has 3 heterocycles. The second-order valence-corrected chi connectivity index (χ2v) is 7.26. The zero-order chi connectivity index (χ0) is 18.9. The summed E-state index contributed by atoms with van der Waals surface area (Å²) in [6.07, 6.45) is 2.00. The molecule has 2 N–H and O–H groups in total. The number of piperidine rings is 1. The van der Waals surface area contributed by atoms with Gasteiger partial charge in [0.1, 0.15) is 11.5 Å². The topological polar surface area (TPSA) is 77.7 Å². The second kappa shape index (κ2) is 6.96. The van der Waals surface area contributed by atoms with E-state index >= 15 is 0 Å². The first kappa shape index (κ1) is 16.7. The summed E-state index contributed by atoms with van der Waals surface area (Å²) in [5.74, 6) is 1.19. The number of amides is 1. The van der Waals surface area contributed by atoms with Crippen LogP contribution in [-0.4, -0.2) is 44.1 Å². The Morgan fingerprint density at radius 2 is 1.89 bits per heavy atom. The number of carbonyl (C=O) groups excluding carboxylic acids is 1. The van der Waals surface area contributed by atoms with Gasteiger partial charge in [-0.2, -0.15) is 5.10 Å². The number of fused-ring (bicyclic) bond motifs is 1. The molecule has 1 aliphatic heterocycles. The van der Waals surface area contributed by atoms with E-state index in [0.717, 1.165) is 47.5 Å². The van der Waals surface area contributed by atoms with Gasteiger partial charge in [-0.15, -0.1) is 0 Å². The Morgan fingerprint density at radius 3 is 2.75 bits per heavy atom. The fourth-order valence-electron chi connectivity index (χ4n) is 3.91. The summed E-state index contributed by atoms with van der Waals surface area (Å²) in [6.45, 7) is 1.42. The molecule has 1 saturated heterocycles. The zero-order valence-electron chi connectivity index (χ0n) is 15.4. The van der Waals surface area contributed by atoms with Gasteiger partial charge in [0.25, 0.3) is 5.91 Å². The van der Waals surface area contributed by atoms with Gasteiger partial charge < -0.3 is 9.88 Å². The average molecular weight is 371 g/mol. The van der Waals surface area contributed by atoms with Gasteiger partial charge in [-0.1, -0.05) is 42.5 Å². The van der Waals surface area contributed by atoms with Crippen molar-refractivity contribution in [3.8, 4) is 11.3 Å².